The predicted octanol–water partition coefficient (Wildman–Crippen LogP) is 1.06. The Hall–Kier alpha value is -2.09. The molecule has 1 amide bonds. The molecule has 0 saturated heterocycles. The third-order valence-electron chi connectivity index (χ3n) is 2.26. The highest BCUT2D eigenvalue weighted by molar-refractivity contribution is 7.17. The topological polar surface area (TPSA) is 86.8 Å². The number of nitrogens with zero attached hydrogens (tertiary/aromatic N) is 1. The van der Waals surface area contributed by atoms with E-state index in [1.807, 2.05) is 0 Å². The van der Waals surface area contributed by atoms with Crippen LogP contribution in [-0.2, 0) is 19.0 Å². The third-order valence-corrected chi connectivity index (χ3v) is 3.31. The Balaban J connectivity index is 2.09. The van der Waals surface area contributed by atoms with Crippen molar-refractivity contribution in [2.45, 2.75) is 6.92 Å². The molecule has 0 bridgehead atoms. The summed E-state index contributed by atoms with van der Waals surface area (Å²) in [6, 6.07) is 0. The third kappa shape index (κ3) is 3.02. The van der Waals surface area contributed by atoms with Gasteiger partial charge < -0.3 is 14.2 Å². The molecule has 0 radical (unpaired) electrons. The number of methoxy groups -OCH3 is 1. The summed E-state index contributed by atoms with van der Waals surface area (Å²) in [6.07, 6.45) is 1.25. The van der Waals surface area contributed by atoms with E-state index in [0.717, 1.165) is 11.3 Å². The molecule has 0 aliphatic carbocycles. The highest BCUT2D eigenvalue weighted by Crippen LogP contribution is 2.23. The largest absolute Gasteiger partial charge is 0.494 e. The summed E-state index contributed by atoms with van der Waals surface area (Å²) in [4.78, 5) is 27.6. The van der Waals surface area contributed by atoms with Crippen LogP contribution in [0.25, 0.3) is 0 Å². The second-order valence-electron chi connectivity index (χ2n) is 3.58. The van der Waals surface area contributed by atoms with Gasteiger partial charge in [0.2, 0.25) is 5.76 Å². The molecule has 0 aromatic carbocycles. The number of carbonyl (C=O) groups is 2. The van der Waals surface area contributed by atoms with Gasteiger partial charge in [-0.1, -0.05) is 11.3 Å². The number of aryl methyl sites for hydroxylation is 1. The average Bonchev–Trinajstić information content (AvgIpc) is 2.79. The maximum atomic E-state index is 11.8. The number of carbonyl (C=O) groups excluding carboxylic acids is 2. The molecule has 1 aromatic rings. The first kappa shape index (κ1) is 13.3. The lowest BCUT2D eigenvalue weighted by molar-refractivity contribution is -0.117. The van der Waals surface area contributed by atoms with E-state index in [4.69, 9.17) is 9.47 Å². The molecule has 19 heavy (non-hydrogen) atoms. The normalized spacial score (nSPS) is 13.9. The zero-order chi connectivity index (χ0) is 13.8. The number of anilines is 1. The molecule has 1 aliphatic heterocycles. The summed E-state index contributed by atoms with van der Waals surface area (Å²) >= 11 is 1.04. The molecule has 1 aromatic heterocycles. The zero-order valence-corrected chi connectivity index (χ0v) is 11.2. The van der Waals surface area contributed by atoms with Crippen molar-refractivity contribution in [1.29, 1.82) is 0 Å². The average molecular weight is 284 g/mol. The fourth-order valence-corrected chi connectivity index (χ4v) is 2.26. The number of hydrogen-bond acceptors (Lipinski definition) is 7. The van der Waals surface area contributed by atoms with Crippen molar-refractivity contribution >= 4 is 28.3 Å². The molecule has 2 rings (SSSR count). The first-order chi connectivity index (χ1) is 9.11. The van der Waals surface area contributed by atoms with Gasteiger partial charge in [-0.3, -0.25) is 10.1 Å². The summed E-state index contributed by atoms with van der Waals surface area (Å²) < 4.78 is 14.7. The second kappa shape index (κ2) is 5.70. The molecular weight excluding hydrogens is 272 g/mol. The van der Waals surface area contributed by atoms with Crippen LogP contribution in [0.1, 0.15) is 15.4 Å². The van der Waals surface area contributed by atoms with Gasteiger partial charge in [0.1, 0.15) is 24.4 Å². The Morgan fingerprint density at radius 2 is 2.26 bits per heavy atom. The number of esters is 1. The fraction of sp³-hybridized carbons (Fsp3) is 0.364. The Bertz CT molecular complexity index is 537. The molecule has 102 valence electrons. The van der Waals surface area contributed by atoms with E-state index in [2.05, 4.69) is 15.0 Å². The van der Waals surface area contributed by atoms with Crippen LogP contribution in [0.2, 0.25) is 0 Å². The summed E-state index contributed by atoms with van der Waals surface area (Å²) in [5.41, 5.74) is 0.502. The van der Waals surface area contributed by atoms with Crippen molar-refractivity contribution in [3.05, 3.63) is 22.6 Å². The lowest BCUT2D eigenvalue weighted by atomic mass is 10.4. The standard InChI is InChI=1S/C11H12N2O5S/c1-6-8(10(15)16-2)19-11(12-6)13-9(14)7-5-17-3-4-18-7/h5H,3-4H2,1-2H3,(H,12,13,14). The fourth-order valence-electron chi connectivity index (χ4n) is 1.38. The molecule has 0 spiro atoms. The summed E-state index contributed by atoms with van der Waals surface area (Å²) in [7, 11) is 1.29. The SMILES string of the molecule is COC(=O)c1sc(NC(=O)C2=COCCO2)nc1C. The predicted molar refractivity (Wildman–Crippen MR) is 66.8 cm³/mol. The van der Waals surface area contributed by atoms with Crippen molar-refractivity contribution in [2.24, 2.45) is 0 Å². The molecule has 0 saturated carbocycles. The van der Waals surface area contributed by atoms with E-state index in [-0.39, 0.29) is 5.76 Å². The second-order valence-corrected chi connectivity index (χ2v) is 4.58. The number of aromatic nitrogens is 1. The minimum Gasteiger partial charge on any atom is -0.494 e. The molecule has 0 fully saturated rings. The molecule has 2 heterocycles. The Labute approximate surface area is 113 Å². The molecule has 0 unspecified atom stereocenters. The van der Waals surface area contributed by atoms with E-state index in [1.54, 1.807) is 6.92 Å². The lowest BCUT2D eigenvalue weighted by Crippen LogP contribution is -2.21. The molecule has 1 aliphatic rings. The van der Waals surface area contributed by atoms with Gasteiger partial charge in [-0.05, 0) is 6.92 Å². The minimum absolute atomic E-state index is 0.0821. The summed E-state index contributed by atoms with van der Waals surface area (Å²) in [5, 5.41) is 2.84. The maximum Gasteiger partial charge on any atom is 0.350 e. The van der Waals surface area contributed by atoms with Gasteiger partial charge in [-0.15, -0.1) is 0 Å². The van der Waals surface area contributed by atoms with Crippen LogP contribution < -0.4 is 5.32 Å². The minimum atomic E-state index is -0.480. The number of rotatable bonds is 3. The van der Waals surface area contributed by atoms with Gasteiger partial charge in [-0.2, -0.15) is 0 Å². The first-order valence-electron chi connectivity index (χ1n) is 5.43. The number of nitrogens with one attached hydrogen (secondary N) is 1. The Morgan fingerprint density at radius 1 is 1.47 bits per heavy atom. The van der Waals surface area contributed by atoms with Crippen LogP contribution in [0.4, 0.5) is 5.13 Å². The molecule has 7 nitrogen and oxygen atoms in total. The Morgan fingerprint density at radius 3 is 2.89 bits per heavy atom. The van der Waals surface area contributed by atoms with Crippen LogP contribution in [0, 0.1) is 6.92 Å². The number of ether oxygens (including phenoxy) is 3. The van der Waals surface area contributed by atoms with Crippen molar-refractivity contribution in [2.75, 3.05) is 25.6 Å². The maximum absolute atomic E-state index is 11.8. The summed E-state index contributed by atoms with van der Waals surface area (Å²) in [5.74, 6) is -0.865. The van der Waals surface area contributed by atoms with Gasteiger partial charge >= 0.3 is 5.97 Å². The van der Waals surface area contributed by atoms with Gasteiger partial charge in [0.05, 0.1) is 12.8 Å². The Kier molecular flexibility index (Phi) is 4.00. The van der Waals surface area contributed by atoms with E-state index in [1.165, 1.54) is 13.4 Å². The van der Waals surface area contributed by atoms with E-state index in [9.17, 15) is 9.59 Å². The zero-order valence-electron chi connectivity index (χ0n) is 10.4. The quantitative estimate of drug-likeness (QED) is 0.835. The monoisotopic (exact) mass is 284 g/mol. The van der Waals surface area contributed by atoms with Gasteiger partial charge in [0, 0.05) is 0 Å². The van der Waals surface area contributed by atoms with E-state index < -0.39 is 11.9 Å². The summed E-state index contributed by atoms with van der Waals surface area (Å²) in [6.45, 7) is 2.40. The van der Waals surface area contributed by atoms with Crippen LogP contribution >= 0.6 is 11.3 Å². The molecule has 0 atom stereocenters. The highest BCUT2D eigenvalue weighted by atomic mass is 32.1. The van der Waals surface area contributed by atoms with Gasteiger partial charge in [0.25, 0.3) is 5.91 Å². The smallest absolute Gasteiger partial charge is 0.350 e. The van der Waals surface area contributed by atoms with Crippen molar-refractivity contribution in [3.63, 3.8) is 0 Å². The number of thiazole rings is 1. The number of hydrogen-bond donors (Lipinski definition) is 1. The van der Waals surface area contributed by atoms with Crippen LogP contribution in [-0.4, -0.2) is 37.2 Å². The highest BCUT2D eigenvalue weighted by Gasteiger charge is 2.20. The number of amides is 1. The van der Waals surface area contributed by atoms with Gasteiger partial charge in [0.15, 0.2) is 5.13 Å². The van der Waals surface area contributed by atoms with Crippen molar-refractivity contribution < 1.29 is 23.8 Å². The molecular formula is C11H12N2O5S. The van der Waals surface area contributed by atoms with Gasteiger partial charge in [-0.25, -0.2) is 9.78 Å². The van der Waals surface area contributed by atoms with Crippen molar-refractivity contribution in [1.82, 2.24) is 4.98 Å². The van der Waals surface area contributed by atoms with Crippen LogP contribution in [0.15, 0.2) is 12.0 Å². The van der Waals surface area contributed by atoms with E-state index >= 15 is 0 Å². The lowest BCUT2D eigenvalue weighted by Gasteiger charge is -2.14. The first-order valence-corrected chi connectivity index (χ1v) is 6.25. The van der Waals surface area contributed by atoms with Crippen molar-refractivity contribution in [3.8, 4) is 0 Å². The van der Waals surface area contributed by atoms with E-state index in [0.29, 0.717) is 28.9 Å². The van der Waals surface area contributed by atoms with Crippen LogP contribution in [0.3, 0.4) is 0 Å². The molecule has 8 heteroatoms. The molecule has 1 N–H and O–H groups in total. The van der Waals surface area contributed by atoms with Crippen LogP contribution in [0.5, 0.6) is 0 Å².